The van der Waals surface area contributed by atoms with Crippen LogP contribution in [0.3, 0.4) is 0 Å². The Morgan fingerprint density at radius 2 is 2.09 bits per heavy atom. The van der Waals surface area contributed by atoms with Gasteiger partial charge >= 0.3 is 0 Å². The van der Waals surface area contributed by atoms with Crippen LogP contribution in [-0.2, 0) is 4.79 Å². The first-order valence-electron chi connectivity index (χ1n) is 3.34. The quantitative estimate of drug-likeness (QED) is 0.448. The highest BCUT2D eigenvalue weighted by atomic mass is 19.3. The molecule has 0 amide bonds. The van der Waals surface area contributed by atoms with E-state index < -0.39 is 5.92 Å². The van der Waals surface area contributed by atoms with Gasteiger partial charge in [-0.05, 0) is 6.08 Å². The highest BCUT2D eigenvalue weighted by molar-refractivity contribution is 5.64. The van der Waals surface area contributed by atoms with Crippen LogP contribution in [0.5, 0.6) is 0 Å². The number of hydrogen-bond donors (Lipinski definition) is 0. The summed E-state index contributed by atoms with van der Waals surface area (Å²) in [4.78, 5) is 11.3. The molecule has 1 heterocycles. The van der Waals surface area contributed by atoms with Crippen molar-refractivity contribution < 1.29 is 13.6 Å². The van der Waals surface area contributed by atoms with Gasteiger partial charge in [0, 0.05) is 6.54 Å². The Morgan fingerprint density at radius 3 is 2.55 bits per heavy atom. The number of carbonyl (C=O) groups is 1. The Hall–Kier alpha value is -0.770. The molecule has 1 aliphatic rings. The Balaban J connectivity index is 2.14. The second-order valence-corrected chi connectivity index (χ2v) is 2.59. The summed E-state index contributed by atoms with van der Waals surface area (Å²) < 4.78 is 24.3. The van der Waals surface area contributed by atoms with E-state index in [1.54, 1.807) is 11.0 Å². The van der Waals surface area contributed by atoms with Gasteiger partial charge < -0.3 is 0 Å². The van der Waals surface area contributed by atoms with Crippen molar-refractivity contribution in [2.24, 2.45) is 0 Å². The predicted octanol–water partition coefficient (Wildman–Crippen LogP) is 0.692. The van der Waals surface area contributed by atoms with Crippen molar-refractivity contribution in [3.8, 4) is 0 Å². The smallest absolute Gasteiger partial charge is 0.272 e. The molecule has 0 bridgehead atoms. The van der Waals surface area contributed by atoms with Gasteiger partial charge in [-0.2, -0.15) is 0 Å². The second-order valence-electron chi connectivity index (χ2n) is 2.59. The van der Waals surface area contributed by atoms with Gasteiger partial charge in [-0.1, -0.05) is 6.08 Å². The fourth-order valence-electron chi connectivity index (χ4n) is 1.00. The number of hydrogen-bond acceptors (Lipinski definition) is 2. The number of nitrogens with zero attached hydrogens (tertiary/aromatic N) is 1. The predicted molar refractivity (Wildman–Crippen MR) is 36.6 cm³/mol. The molecule has 0 aromatic heterocycles. The Bertz CT molecular complexity index is 171. The molecule has 0 unspecified atom stereocenters. The van der Waals surface area contributed by atoms with E-state index in [1.807, 2.05) is 0 Å². The number of likely N-dealkylation sites (tertiary alicyclic amines) is 1. The average Bonchev–Trinajstić information content (AvgIpc) is 1.84. The van der Waals surface area contributed by atoms with E-state index in [0.29, 0.717) is 12.8 Å². The maximum Gasteiger partial charge on any atom is 0.272 e. The largest absolute Gasteiger partial charge is 0.299 e. The van der Waals surface area contributed by atoms with Gasteiger partial charge in [0.2, 0.25) is 0 Å². The minimum Gasteiger partial charge on any atom is -0.299 e. The highest BCUT2D eigenvalue weighted by Crippen LogP contribution is 2.25. The summed E-state index contributed by atoms with van der Waals surface area (Å²) in [6.07, 6.45) is 3.52. The molecule has 0 atom stereocenters. The number of alkyl halides is 2. The third-order valence-corrected chi connectivity index (χ3v) is 1.49. The summed E-state index contributed by atoms with van der Waals surface area (Å²) in [5, 5.41) is 0. The van der Waals surface area contributed by atoms with Gasteiger partial charge in [0.15, 0.2) is 0 Å². The van der Waals surface area contributed by atoms with Gasteiger partial charge in [0.05, 0.1) is 13.1 Å². The third-order valence-electron chi connectivity index (χ3n) is 1.49. The third kappa shape index (κ3) is 2.38. The normalized spacial score (nSPS) is 23.5. The van der Waals surface area contributed by atoms with Gasteiger partial charge in [-0.15, -0.1) is 0 Å². The molecule has 62 valence electrons. The first-order valence-corrected chi connectivity index (χ1v) is 3.34. The Labute approximate surface area is 63.5 Å². The molecular formula is C7H9F2NO. The van der Waals surface area contributed by atoms with E-state index in [2.05, 4.69) is 0 Å². The zero-order valence-electron chi connectivity index (χ0n) is 5.96. The van der Waals surface area contributed by atoms with Gasteiger partial charge in [-0.3, -0.25) is 9.69 Å². The van der Waals surface area contributed by atoms with Crippen molar-refractivity contribution in [3.05, 3.63) is 12.2 Å². The lowest BCUT2D eigenvalue weighted by molar-refractivity contribution is -0.125. The Morgan fingerprint density at radius 1 is 1.45 bits per heavy atom. The maximum absolute atomic E-state index is 12.2. The summed E-state index contributed by atoms with van der Waals surface area (Å²) in [5.74, 6) is -2.50. The molecule has 0 aliphatic carbocycles. The molecule has 0 aromatic rings. The van der Waals surface area contributed by atoms with Crippen LogP contribution in [0.2, 0.25) is 0 Å². The topological polar surface area (TPSA) is 20.3 Å². The number of carbonyl (C=O) groups excluding carboxylic acids is 1. The summed E-state index contributed by atoms with van der Waals surface area (Å²) in [6, 6.07) is 0. The molecular weight excluding hydrogens is 152 g/mol. The van der Waals surface area contributed by atoms with E-state index in [9.17, 15) is 13.6 Å². The summed E-state index contributed by atoms with van der Waals surface area (Å²) in [5.41, 5.74) is 0. The van der Waals surface area contributed by atoms with E-state index in [4.69, 9.17) is 0 Å². The van der Waals surface area contributed by atoms with E-state index >= 15 is 0 Å². The van der Waals surface area contributed by atoms with Crippen molar-refractivity contribution in [1.29, 1.82) is 0 Å². The molecule has 0 saturated carbocycles. The molecule has 1 fully saturated rings. The zero-order chi connectivity index (χ0) is 8.32. The number of aldehydes is 1. The molecule has 1 rings (SSSR count). The molecule has 4 heteroatoms. The van der Waals surface area contributed by atoms with Crippen LogP contribution in [0, 0.1) is 0 Å². The number of halogens is 2. The van der Waals surface area contributed by atoms with E-state index in [-0.39, 0.29) is 13.1 Å². The van der Waals surface area contributed by atoms with Crippen LogP contribution >= 0.6 is 0 Å². The van der Waals surface area contributed by atoms with Crippen molar-refractivity contribution >= 4 is 6.29 Å². The fourth-order valence-corrected chi connectivity index (χ4v) is 1.00. The molecule has 0 spiro atoms. The van der Waals surface area contributed by atoms with Crippen LogP contribution in [-0.4, -0.2) is 36.7 Å². The minimum absolute atomic E-state index is 0.184. The molecule has 2 nitrogen and oxygen atoms in total. The Kier molecular flexibility index (Phi) is 2.34. The highest BCUT2D eigenvalue weighted by Gasteiger charge is 2.42. The molecule has 11 heavy (non-hydrogen) atoms. The van der Waals surface area contributed by atoms with Crippen molar-refractivity contribution in [2.75, 3.05) is 19.6 Å². The lowest BCUT2D eigenvalue weighted by atomic mass is 10.1. The van der Waals surface area contributed by atoms with Gasteiger partial charge in [0.1, 0.15) is 6.29 Å². The van der Waals surface area contributed by atoms with E-state index in [1.165, 1.54) is 6.08 Å². The summed E-state index contributed by atoms with van der Waals surface area (Å²) in [6.45, 7) is 0.0702. The minimum atomic E-state index is -2.50. The monoisotopic (exact) mass is 161 g/mol. The summed E-state index contributed by atoms with van der Waals surface area (Å²) >= 11 is 0. The van der Waals surface area contributed by atoms with Gasteiger partial charge in [0.25, 0.3) is 5.92 Å². The van der Waals surface area contributed by atoms with Crippen molar-refractivity contribution in [2.45, 2.75) is 5.92 Å². The second kappa shape index (κ2) is 3.09. The van der Waals surface area contributed by atoms with Crippen LogP contribution < -0.4 is 0 Å². The van der Waals surface area contributed by atoms with E-state index in [0.717, 1.165) is 0 Å². The molecule has 1 saturated heterocycles. The van der Waals surface area contributed by atoms with Crippen LogP contribution in [0.1, 0.15) is 0 Å². The molecule has 1 aliphatic heterocycles. The first-order chi connectivity index (χ1) is 5.14. The lowest BCUT2D eigenvalue weighted by Gasteiger charge is -2.37. The van der Waals surface area contributed by atoms with Crippen molar-refractivity contribution in [1.82, 2.24) is 4.90 Å². The SMILES string of the molecule is O=CC=CCN1CC(F)(F)C1. The van der Waals surface area contributed by atoms with Crippen LogP contribution in [0.15, 0.2) is 12.2 Å². The molecule has 0 aromatic carbocycles. The standard InChI is InChI=1S/C7H9F2NO/c8-7(9)5-10(6-7)3-1-2-4-11/h1-2,4H,3,5-6H2. The van der Waals surface area contributed by atoms with Gasteiger partial charge in [-0.25, -0.2) is 8.78 Å². The fraction of sp³-hybridized carbons (Fsp3) is 0.571. The number of allylic oxidation sites excluding steroid dienone is 1. The molecule has 0 radical (unpaired) electrons. The lowest BCUT2D eigenvalue weighted by Crippen LogP contribution is -2.55. The summed E-state index contributed by atoms with van der Waals surface area (Å²) in [7, 11) is 0. The average molecular weight is 161 g/mol. The zero-order valence-corrected chi connectivity index (χ0v) is 5.96. The van der Waals surface area contributed by atoms with Crippen LogP contribution in [0.4, 0.5) is 8.78 Å². The first kappa shape index (κ1) is 8.33. The molecule has 0 N–H and O–H groups in total. The maximum atomic E-state index is 12.2. The van der Waals surface area contributed by atoms with Crippen molar-refractivity contribution in [3.63, 3.8) is 0 Å². The van der Waals surface area contributed by atoms with Crippen LogP contribution in [0.25, 0.3) is 0 Å². The number of rotatable bonds is 3.